The lowest BCUT2D eigenvalue weighted by Crippen LogP contribution is -2.40. The van der Waals surface area contributed by atoms with E-state index in [2.05, 4.69) is 50.6 Å². The molecule has 0 spiro atoms. The molecule has 1 fully saturated rings. The fourth-order valence-corrected chi connectivity index (χ4v) is 4.79. The van der Waals surface area contributed by atoms with E-state index >= 15 is 0 Å². The lowest BCUT2D eigenvalue weighted by molar-refractivity contribution is -0.122. The first-order valence-corrected chi connectivity index (χ1v) is 11.6. The van der Waals surface area contributed by atoms with Crippen LogP contribution in [-0.4, -0.2) is 46.5 Å². The van der Waals surface area contributed by atoms with Crippen LogP contribution in [0.15, 0.2) is 24.4 Å². The zero-order valence-electron chi connectivity index (χ0n) is 18.0. The van der Waals surface area contributed by atoms with Gasteiger partial charge in [-0.1, -0.05) is 37.4 Å². The Bertz CT molecular complexity index is 936. The second-order valence-electron chi connectivity index (χ2n) is 8.48. The van der Waals surface area contributed by atoms with E-state index in [9.17, 15) is 4.79 Å². The molecule has 0 radical (unpaired) electrons. The van der Waals surface area contributed by atoms with E-state index in [-0.39, 0.29) is 17.9 Å². The predicted octanol–water partition coefficient (Wildman–Crippen LogP) is 3.75. The molecule has 4 N–H and O–H groups in total. The van der Waals surface area contributed by atoms with Gasteiger partial charge < -0.3 is 21.3 Å². The molecule has 0 bridgehead atoms. The van der Waals surface area contributed by atoms with Gasteiger partial charge >= 0.3 is 0 Å². The maximum atomic E-state index is 11.8. The largest absolute Gasteiger partial charge is 0.369 e. The van der Waals surface area contributed by atoms with Crippen molar-refractivity contribution in [1.82, 2.24) is 14.9 Å². The van der Waals surface area contributed by atoms with Gasteiger partial charge in [-0.25, -0.2) is 4.98 Å². The molecule has 1 aliphatic heterocycles. The average Bonchev–Trinajstić information content (AvgIpc) is 2.98. The summed E-state index contributed by atoms with van der Waals surface area (Å²) in [6.45, 7) is 5.50. The number of fused-ring (bicyclic) bond motifs is 1. The maximum Gasteiger partial charge on any atom is 0.229 e. The first kappa shape index (κ1) is 21.8. The van der Waals surface area contributed by atoms with Crippen LogP contribution < -0.4 is 16.4 Å². The first-order chi connectivity index (χ1) is 15.0. The standard InChI is InChI=1S/C23H31ClN6O/c1-2-30-11-9-15-7-8-17(13-16(15)10-12-30)27-23-26-14-19(24)22(29-23)28-20-6-4-3-5-18(20)21(25)31/h7-8,13-14,18,20H,2-6,9-12H2,1H3,(H2,25,31)(H2,26,27,28,29). The van der Waals surface area contributed by atoms with E-state index in [1.807, 2.05) is 0 Å². The summed E-state index contributed by atoms with van der Waals surface area (Å²) in [5.74, 6) is 0.531. The van der Waals surface area contributed by atoms with E-state index in [1.165, 1.54) is 11.1 Å². The Morgan fingerprint density at radius 3 is 2.77 bits per heavy atom. The van der Waals surface area contributed by atoms with Gasteiger partial charge in [0.2, 0.25) is 11.9 Å². The molecule has 1 aromatic heterocycles. The second kappa shape index (κ2) is 9.83. The number of primary amides is 1. The van der Waals surface area contributed by atoms with Crippen molar-refractivity contribution >= 4 is 35.0 Å². The Morgan fingerprint density at radius 2 is 2.00 bits per heavy atom. The van der Waals surface area contributed by atoms with Gasteiger partial charge in [0.25, 0.3) is 0 Å². The molecule has 2 unspecified atom stereocenters. The van der Waals surface area contributed by atoms with Gasteiger partial charge in [0.05, 0.1) is 12.1 Å². The van der Waals surface area contributed by atoms with E-state index in [4.69, 9.17) is 17.3 Å². The summed E-state index contributed by atoms with van der Waals surface area (Å²) in [4.78, 5) is 23.2. The van der Waals surface area contributed by atoms with Crippen LogP contribution in [-0.2, 0) is 17.6 Å². The molecule has 4 rings (SSSR count). The highest BCUT2D eigenvalue weighted by atomic mass is 35.5. The third-order valence-corrected chi connectivity index (χ3v) is 6.78. The number of amides is 1. The molecule has 1 aromatic carbocycles. The van der Waals surface area contributed by atoms with Crippen LogP contribution in [0.2, 0.25) is 5.02 Å². The number of nitrogens with two attached hydrogens (primary N) is 1. The summed E-state index contributed by atoms with van der Waals surface area (Å²) >= 11 is 6.35. The third-order valence-electron chi connectivity index (χ3n) is 6.50. The minimum Gasteiger partial charge on any atom is -0.369 e. The van der Waals surface area contributed by atoms with Crippen LogP contribution in [0.4, 0.5) is 17.5 Å². The van der Waals surface area contributed by atoms with Crippen molar-refractivity contribution in [2.24, 2.45) is 11.7 Å². The van der Waals surface area contributed by atoms with Gasteiger partial charge in [-0.15, -0.1) is 0 Å². The van der Waals surface area contributed by atoms with Gasteiger partial charge in [-0.2, -0.15) is 4.98 Å². The molecule has 2 atom stereocenters. The highest BCUT2D eigenvalue weighted by molar-refractivity contribution is 6.32. The molecule has 2 aromatic rings. The molecule has 1 saturated carbocycles. The number of halogens is 1. The van der Waals surface area contributed by atoms with E-state index < -0.39 is 0 Å². The molecule has 8 heteroatoms. The Kier molecular flexibility index (Phi) is 6.92. The fraction of sp³-hybridized carbons (Fsp3) is 0.522. The van der Waals surface area contributed by atoms with Crippen LogP contribution in [0.5, 0.6) is 0 Å². The Balaban J connectivity index is 1.49. The van der Waals surface area contributed by atoms with Gasteiger partial charge in [0, 0.05) is 24.8 Å². The Morgan fingerprint density at radius 1 is 1.23 bits per heavy atom. The molecule has 0 saturated heterocycles. The third kappa shape index (κ3) is 5.28. The van der Waals surface area contributed by atoms with Crippen LogP contribution >= 0.6 is 11.6 Å². The van der Waals surface area contributed by atoms with Crippen molar-refractivity contribution in [3.05, 3.63) is 40.5 Å². The number of rotatable bonds is 6. The highest BCUT2D eigenvalue weighted by Gasteiger charge is 2.30. The van der Waals surface area contributed by atoms with Crippen LogP contribution in [0.3, 0.4) is 0 Å². The molecule has 1 amide bonds. The molecule has 31 heavy (non-hydrogen) atoms. The second-order valence-corrected chi connectivity index (χ2v) is 8.88. The number of nitrogens with zero attached hydrogens (tertiary/aromatic N) is 3. The van der Waals surface area contributed by atoms with Crippen molar-refractivity contribution in [3.63, 3.8) is 0 Å². The minimum atomic E-state index is -0.271. The normalized spacial score (nSPS) is 21.7. The van der Waals surface area contributed by atoms with E-state index in [0.717, 1.165) is 63.8 Å². The Hall–Kier alpha value is -2.38. The van der Waals surface area contributed by atoms with Crippen molar-refractivity contribution in [1.29, 1.82) is 0 Å². The summed E-state index contributed by atoms with van der Waals surface area (Å²) < 4.78 is 0. The number of hydrogen-bond acceptors (Lipinski definition) is 6. The molecular weight excluding hydrogens is 412 g/mol. The summed E-state index contributed by atoms with van der Waals surface area (Å²) in [6, 6.07) is 6.42. The average molecular weight is 443 g/mol. The lowest BCUT2D eigenvalue weighted by Gasteiger charge is -2.30. The summed E-state index contributed by atoms with van der Waals surface area (Å²) in [5, 5.41) is 7.09. The number of likely N-dealkylation sites (N-methyl/N-ethyl adjacent to an activating group) is 1. The number of anilines is 3. The fourth-order valence-electron chi connectivity index (χ4n) is 4.64. The summed E-state index contributed by atoms with van der Waals surface area (Å²) in [6.07, 6.45) is 7.45. The van der Waals surface area contributed by atoms with Gasteiger partial charge in [0.15, 0.2) is 5.82 Å². The highest BCUT2D eigenvalue weighted by Crippen LogP contribution is 2.30. The number of carbonyl (C=O) groups excluding carboxylic acids is 1. The molecule has 2 heterocycles. The smallest absolute Gasteiger partial charge is 0.229 e. The van der Waals surface area contributed by atoms with Gasteiger partial charge in [-0.3, -0.25) is 4.79 Å². The predicted molar refractivity (Wildman–Crippen MR) is 125 cm³/mol. The molecular formula is C23H31ClN6O. The monoisotopic (exact) mass is 442 g/mol. The summed E-state index contributed by atoms with van der Waals surface area (Å²) in [7, 11) is 0. The SMILES string of the molecule is CCN1CCc2ccc(Nc3ncc(Cl)c(NC4CCCCC4C(N)=O)n3)cc2CC1. The number of aromatic nitrogens is 2. The topological polar surface area (TPSA) is 96.2 Å². The molecule has 7 nitrogen and oxygen atoms in total. The van der Waals surface area contributed by atoms with Gasteiger partial charge in [0.1, 0.15) is 5.02 Å². The number of nitrogens with one attached hydrogen (secondary N) is 2. The molecule has 166 valence electrons. The van der Waals surface area contributed by atoms with Crippen molar-refractivity contribution in [3.8, 4) is 0 Å². The molecule has 2 aliphatic rings. The minimum absolute atomic E-state index is 0.0551. The van der Waals surface area contributed by atoms with Crippen molar-refractivity contribution < 1.29 is 4.79 Å². The van der Waals surface area contributed by atoms with E-state index in [0.29, 0.717) is 16.8 Å². The number of carbonyl (C=O) groups is 1. The van der Waals surface area contributed by atoms with E-state index in [1.54, 1.807) is 6.20 Å². The number of hydrogen-bond donors (Lipinski definition) is 3. The van der Waals surface area contributed by atoms with Crippen molar-refractivity contribution in [2.75, 3.05) is 30.3 Å². The quantitative estimate of drug-likeness (QED) is 0.630. The first-order valence-electron chi connectivity index (χ1n) is 11.2. The van der Waals surface area contributed by atoms with Crippen LogP contribution in [0.25, 0.3) is 0 Å². The maximum absolute atomic E-state index is 11.8. The zero-order chi connectivity index (χ0) is 21.8. The van der Waals surface area contributed by atoms with Crippen LogP contribution in [0.1, 0.15) is 43.7 Å². The summed E-state index contributed by atoms with van der Waals surface area (Å²) in [5.41, 5.74) is 9.36. The van der Waals surface area contributed by atoms with Crippen molar-refractivity contribution in [2.45, 2.75) is 51.5 Å². The zero-order valence-corrected chi connectivity index (χ0v) is 18.8. The van der Waals surface area contributed by atoms with Crippen LogP contribution in [0, 0.1) is 5.92 Å². The molecule has 1 aliphatic carbocycles. The Labute approximate surface area is 188 Å². The lowest BCUT2D eigenvalue weighted by atomic mass is 9.84. The van der Waals surface area contributed by atoms with Gasteiger partial charge in [-0.05, 0) is 55.5 Å². The number of benzene rings is 1.